The molecule has 0 aromatic carbocycles. The van der Waals surface area contributed by atoms with Crippen LogP contribution in [0.25, 0.3) is 0 Å². The van der Waals surface area contributed by atoms with Crippen LogP contribution in [0.15, 0.2) is 18.5 Å². The van der Waals surface area contributed by atoms with Crippen molar-refractivity contribution in [2.45, 2.75) is 33.7 Å². The van der Waals surface area contributed by atoms with E-state index >= 15 is 0 Å². The largest absolute Gasteiger partial charge is 0.203 e. The lowest BCUT2D eigenvalue weighted by Gasteiger charge is -2.02. The summed E-state index contributed by atoms with van der Waals surface area (Å²) in [6.07, 6.45) is 4.33. The first kappa shape index (κ1) is 8.25. The maximum absolute atomic E-state index is 2.22. The Morgan fingerprint density at radius 3 is 2.27 bits per heavy atom. The highest BCUT2D eigenvalue weighted by molar-refractivity contribution is 5.16. The molecule has 1 heterocycles. The van der Waals surface area contributed by atoms with E-state index in [2.05, 4.69) is 50.7 Å². The Morgan fingerprint density at radius 1 is 1.18 bits per heavy atom. The third-order valence-corrected chi connectivity index (χ3v) is 2.06. The van der Waals surface area contributed by atoms with Crippen LogP contribution < -0.4 is 4.57 Å². The molecule has 0 fully saturated rings. The number of aryl methyl sites for hydroxylation is 2. The Kier molecular flexibility index (Phi) is 2.28. The topological polar surface area (TPSA) is 3.88 Å². The Bertz CT molecular complexity index is 251. The highest BCUT2D eigenvalue weighted by atomic mass is 15.0. The minimum atomic E-state index is 0.564. The van der Waals surface area contributed by atoms with Gasteiger partial charge >= 0.3 is 0 Å². The van der Waals surface area contributed by atoms with Gasteiger partial charge < -0.3 is 0 Å². The van der Waals surface area contributed by atoms with E-state index in [-0.39, 0.29) is 0 Å². The SMILES string of the molecule is Cc1cc[n+](C(C)C)cc1C. The van der Waals surface area contributed by atoms with Gasteiger partial charge in [-0.2, -0.15) is 0 Å². The van der Waals surface area contributed by atoms with Crippen molar-refractivity contribution in [1.29, 1.82) is 0 Å². The lowest BCUT2D eigenvalue weighted by molar-refractivity contribution is -0.716. The van der Waals surface area contributed by atoms with E-state index in [4.69, 9.17) is 0 Å². The fraction of sp³-hybridized carbons (Fsp3) is 0.500. The van der Waals surface area contributed by atoms with Crippen molar-refractivity contribution in [2.24, 2.45) is 0 Å². The zero-order chi connectivity index (χ0) is 8.43. The van der Waals surface area contributed by atoms with Crippen LogP contribution in [0.2, 0.25) is 0 Å². The number of pyridine rings is 1. The molecule has 0 aliphatic heterocycles. The zero-order valence-corrected chi connectivity index (χ0v) is 7.76. The maximum atomic E-state index is 2.22. The molecule has 0 atom stereocenters. The van der Waals surface area contributed by atoms with Crippen molar-refractivity contribution in [3.8, 4) is 0 Å². The Hall–Kier alpha value is -0.850. The Balaban J connectivity index is 3.05. The summed E-state index contributed by atoms with van der Waals surface area (Å²) < 4.78 is 2.22. The molecule has 0 saturated carbocycles. The Morgan fingerprint density at radius 2 is 1.82 bits per heavy atom. The number of hydrogen-bond acceptors (Lipinski definition) is 0. The standard InChI is InChI=1S/C10H16N/c1-8(2)11-6-5-9(3)10(4)7-11/h5-8H,1-4H3/q+1. The van der Waals surface area contributed by atoms with Gasteiger partial charge in [0, 0.05) is 11.6 Å². The summed E-state index contributed by atoms with van der Waals surface area (Å²) in [6.45, 7) is 8.66. The highest BCUT2D eigenvalue weighted by Gasteiger charge is 2.05. The molecule has 60 valence electrons. The molecule has 1 aromatic heterocycles. The van der Waals surface area contributed by atoms with Crippen molar-refractivity contribution >= 4 is 0 Å². The van der Waals surface area contributed by atoms with Crippen molar-refractivity contribution in [1.82, 2.24) is 0 Å². The van der Waals surface area contributed by atoms with Crippen LogP contribution in [0.4, 0.5) is 0 Å². The van der Waals surface area contributed by atoms with Gasteiger partial charge in [0.1, 0.15) is 0 Å². The lowest BCUT2D eigenvalue weighted by Crippen LogP contribution is -2.35. The van der Waals surface area contributed by atoms with E-state index in [1.807, 2.05) is 0 Å². The summed E-state index contributed by atoms with van der Waals surface area (Å²) in [4.78, 5) is 0. The van der Waals surface area contributed by atoms with Gasteiger partial charge in [0.2, 0.25) is 0 Å². The fourth-order valence-corrected chi connectivity index (χ4v) is 1.02. The van der Waals surface area contributed by atoms with E-state index in [9.17, 15) is 0 Å². The van der Waals surface area contributed by atoms with Crippen molar-refractivity contribution < 1.29 is 4.57 Å². The lowest BCUT2D eigenvalue weighted by atomic mass is 10.2. The van der Waals surface area contributed by atoms with Crippen LogP contribution in [-0.2, 0) is 0 Å². The molecule has 0 unspecified atom stereocenters. The van der Waals surface area contributed by atoms with Crippen LogP contribution in [0.5, 0.6) is 0 Å². The number of rotatable bonds is 1. The predicted octanol–water partition coefficient (Wildman–Crippen LogP) is 2.17. The van der Waals surface area contributed by atoms with E-state index in [1.54, 1.807) is 0 Å². The van der Waals surface area contributed by atoms with E-state index in [1.165, 1.54) is 11.1 Å². The minimum absolute atomic E-state index is 0.564. The van der Waals surface area contributed by atoms with E-state index in [0.29, 0.717) is 6.04 Å². The second kappa shape index (κ2) is 3.04. The molecule has 1 nitrogen and oxygen atoms in total. The van der Waals surface area contributed by atoms with E-state index < -0.39 is 0 Å². The summed E-state index contributed by atoms with van der Waals surface area (Å²) in [5.74, 6) is 0. The normalized spacial score (nSPS) is 10.6. The van der Waals surface area contributed by atoms with Gasteiger partial charge in [0.25, 0.3) is 0 Å². The molecule has 1 rings (SSSR count). The number of hydrogen-bond donors (Lipinski definition) is 0. The van der Waals surface area contributed by atoms with Gasteiger partial charge in [-0.25, -0.2) is 4.57 Å². The van der Waals surface area contributed by atoms with Crippen LogP contribution in [-0.4, -0.2) is 0 Å². The van der Waals surface area contributed by atoms with Crippen molar-refractivity contribution in [3.05, 3.63) is 29.6 Å². The first-order chi connectivity index (χ1) is 5.11. The molecular weight excluding hydrogens is 134 g/mol. The zero-order valence-electron chi connectivity index (χ0n) is 7.76. The summed E-state index contributed by atoms with van der Waals surface area (Å²) in [5.41, 5.74) is 2.73. The smallest absolute Gasteiger partial charge is 0.172 e. The average molecular weight is 150 g/mol. The van der Waals surface area contributed by atoms with Crippen molar-refractivity contribution in [3.63, 3.8) is 0 Å². The third kappa shape index (κ3) is 1.79. The quantitative estimate of drug-likeness (QED) is 0.540. The van der Waals surface area contributed by atoms with Crippen molar-refractivity contribution in [2.75, 3.05) is 0 Å². The summed E-state index contributed by atoms with van der Waals surface area (Å²) in [5, 5.41) is 0. The van der Waals surface area contributed by atoms with Gasteiger partial charge in [-0.15, -0.1) is 0 Å². The van der Waals surface area contributed by atoms with Crippen LogP contribution >= 0.6 is 0 Å². The van der Waals surface area contributed by atoms with Gasteiger partial charge in [-0.3, -0.25) is 0 Å². The minimum Gasteiger partial charge on any atom is -0.203 e. The summed E-state index contributed by atoms with van der Waals surface area (Å²) in [7, 11) is 0. The van der Waals surface area contributed by atoms with Gasteiger partial charge in [-0.05, 0) is 33.3 Å². The third-order valence-electron chi connectivity index (χ3n) is 2.06. The molecule has 0 amide bonds. The van der Waals surface area contributed by atoms with Gasteiger partial charge in [-0.1, -0.05) is 0 Å². The molecule has 1 heteroatoms. The highest BCUT2D eigenvalue weighted by Crippen LogP contribution is 2.02. The molecule has 0 aliphatic rings. The van der Waals surface area contributed by atoms with Crippen LogP contribution in [0, 0.1) is 13.8 Å². The summed E-state index contributed by atoms with van der Waals surface area (Å²) in [6, 6.07) is 2.73. The second-order valence-electron chi connectivity index (χ2n) is 3.35. The monoisotopic (exact) mass is 150 g/mol. The first-order valence-corrected chi connectivity index (χ1v) is 4.09. The predicted molar refractivity (Wildman–Crippen MR) is 46.5 cm³/mol. The second-order valence-corrected chi connectivity index (χ2v) is 3.35. The molecule has 0 N–H and O–H groups in total. The molecule has 11 heavy (non-hydrogen) atoms. The average Bonchev–Trinajstić information content (AvgIpc) is 1.94. The van der Waals surface area contributed by atoms with E-state index in [0.717, 1.165) is 0 Å². The number of aromatic nitrogens is 1. The van der Waals surface area contributed by atoms with Gasteiger partial charge in [0.05, 0.1) is 0 Å². The van der Waals surface area contributed by atoms with Crippen LogP contribution in [0.1, 0.15) is 31.0 Å². The molecule has 0 radical (unpaired) electrons. The molecule has 1 aromatic rings. The molecule has 0 saturated heterocycles. The molecular formula is C10H16N+. The number of nitrogens with zero attached hydrogens (tertiary/aromatic N) is 1. The van der Waals surface area contributed by atoms with Crippen LogP contribution in [0.3, 0.4) is 0 Å². The molecule has 0 bridgehead atoms. The maximum Gasteiger partial charge on any atom is 0.172 e. The summed E-state index contributed by atoms with van der Waals surface area (Å²) >= 11 is 0. The Labute approximate surface area is 68.7 Å². The van der Waals surface area contributed by atoms with Gasteiger partial charge in [0.15, 0.2) is 18.4 Å². The fourth-order valence-electron chi connectivity index (χ4n) is 1.02. The molecule has 0 spiro atoms. The molecule has 0 aliphatic carbocycles. The first-order valence-electron chi connectivity index (χ1n) is 4.09.